The zero-order chi connectivity index (χ0) is 21.8. The van der Waals surface area contributed by atoms with Crippen LogP contribution in [0.25, 0.3) is 11.1 Å². The van der Waals surface area contributed by atoms with E-state index in [9.17, 15) is 14.7 Å². The summed E-state index contributed by atoms with van der Waals surface area (Å²) in [5.41, 5.74) is 5.55. The lowest BCUT2D eigenvalue weighted by Gasteiger charge is -2.17. The maximum atomic E-state index is 12.4. The van der Waals surface area contributed by atoms with Gasteiger partial charge in [-0.1, -0.05) is 60.7 Å². The summed E-state index contributed by atoms with van der Waals surface area (Å²) in [7, 11) is 0. The summed E-state index contributed by atoms with van der Waals surface area (Å²) in [4.78, 5) is 24.0. The molecule has 31 heavy (non-hydrogen) atoms. The molecule has 0 spiro atoms. The van der Waals surface area contributed by atoms with Crippen molar-refractivity contribution in [3.63, 3.8) is 0 Å². The van der Waals surface area contributed by atoms with Crippen molar-refractivity contribution in [1.82, 2.24) is 5.32 Å². The van der Waals surface area contributed by atoms with Crippen LogP contribution in [0, 0.1) is 3.57 Å². The van der Waals surface area contributed by atoms with Crippen molar-refractivity contribution >= 4 is 34.7 Å². The van der Waals surface area contributed by atoms with Crippen molar-refractivity contribution in [3.8, 4) is 11.1 Å². The molecule has 0 unspecified atom stereocenters. The van der Waals surface area contributed by atoms with Crippen LogP contribution in [0.5, 0.6) is 0 Å². The van der Waals surface area contributed by atoms with Gasteiger partial charge in [0.05, 0.1) is 0 Å². The van der Waals surface area contributed by atoms with E-state index >= 15 is 0 Å². The lowest BCUT2D eigenvalue weighted by Crippen LogP contribution is -2.41. The minimum Gasteiger partial charge on any atom is -0.480 e. The van der Waals surface area contributed by atoms with E-state index in [0.717, 1.165) is 31.4 Å². The van der Waals surface area contributed by atoms with Gasteiger partial charge in [0.1, 0.15) is 12.6 Å². The second-order valence-electron chi connectivity index (χ2n) is 7.53. The number of carbonyl (C=O) groups is 2. The molecule has 3 aromatic rings. The molecule has 3 aromatic carbocycles. The number of nitrogens with one attached hydrogen (secondary N) is 1. The Kier molecular flexibility index (Phi) is 6.56. The Balaban J connectivity index is 1.38. The highest BCUT2D eigenvalue weighted by Gasteiger charge is 2.29. The van der Waals surface area contributed by atoms with Crippen molar-refractivity contribution in [2.45, 2.75) is 24.8 Å². The molecule has 0 aliphatic heterocycles. The zero-order valence-electron chi connectivity index (χ0n) is 16.8. The maximum absolute atomic E-state index is 12.4. The monoisotopic (exact) mass is 527 g/mol. The zero-order valence-corrected chi connectivity index (χ0v) is 18.9. The molecule has 6 heteroatoms. The molecule has 2 N–H and O–H groups in total. The molecule has 1 atom stereocenters. The molecule has 1 amide bonds. The normalized spacial score (nSPS) is 13.2. The highest BCUT2D eigenvalue weighted by atomic mass is 127. The second-order valence-corrected chi connectivity index (χ2v) is 8.77. The van der Waals surface area contributed by atoms with Gasteiger partial charge in [0.25, 0.3) is 0 Å². The van der Waals surface area contributed by atoms with Crippen molar-refractivity contribution in [2.24, 2.45) is 0 Å². The first-order chi connectivity index (χ1) is 15.0. The molecule has 0 aromatic heterocycles. The number of amides is 1. The first-order valence-corrected chi connectivity index (χ1v) is 11.2. The fourth-order valence-corrected chi connectivity index (χ4v) is 4.36. The minimum absolute atomic E-state index is 0.0618. The smallest absolute Gasteiger partial charge is 0.407 e. The molecule has 1 aliphatic rings. The van der Waals surface area contributed by atoms with Crippen LogP contribution in [0.2, 0.25) is 0 Å². The quantitative estimate of drug-likeness (QED) is 0.414. The lowest BCUT2D eigenvalue weighted by molar-refractivity contribution is -0.139. The molecule has 158 valence electrons. The van der Waals surface area contributed by atoms with Crippen LogP contribution >= 0.6 is 22.6 Å². The molecule has 0 radical (unpaired) electrons. The van der Waals surface area contributed by atoms with Gasteiger partial charge in [0.15, 0.2) is 0 Å². The van der Waals surface area contributed by atoms with E-state index in [0.29, 0.717) is 12.8 Å². The van der Waals surface area contributed by atoms with Crippen LogP contribution in [0.15, 0.2) is 72.8 Å². The number of aliphatic carboxylic acids is 1. The summed E-state index contributed by atoms with van der Waals surface area (Å²) in [6.07, 6.45) is 0.134. The Morgan fingerprint density at radius 3 is 2.10 bits per heavy atom. The summed E-state index contributed by atoms with van der Waals surface area (Å²) in [6, 6.07) is 23.1. The third-order valence-corrected chi connectivity index (χ3v) is 6.29. The SMILES string of the molecule is O=C(N[C@@H](CCc1ccc(I)cc1)C(=O)O)OCC1c2ccccc2-c2ccccc21. The Hall–Kier alpha value is -2.87. The lowest BCUT2D eigenvalue weighted by atomic mass is 9.98. The standard InChI is InChI=1S/C25H22INO4/c26-17-12-9-16(10-13-17)11-14-23(24(28)29)27-25(30)31-15-22-20-7-3-1-5-18(20)19-6-2-4-8-21(19)22/h1-10,12-13,22-23H,11,14-15H2,(H,27,30)(H,28,29)/t23-/m0/s1. The molecule has 0 bridgehead atoms. The number of carboxylic acid groups (broad SMARTS) is 1. The fourth-order valence-electron chi connectivity index (χ4n) is 4.00. The molecule has 4 rings (SSSR count). The van der Waals surface area contributed by atoms with Gasteiger partial charge >= 0.3 is 12.1 Å². The molecule has 5 nitrogen and oxygen atoms in total. The summed E-state index contributed by atoms with van der Waals surface area (Å²) < 4.78 is 6.59. The topological polar surface area (TPSA) is 75.6 Å². The van der Waals surface area contributed by atoms with E-state index in [2.05, 4.69) is 40.0 Å². The third-order valence-electron chi connectivity index (χ3n) is 5.57. The van der Waals surface area contributed by atoms with Crippen LogP contribution < -0.4 is 5.32 Å². The van der Waals surface area contributed by atoms with Crippen LogP contribution in [0.3, 0.4) is 0 Å². The average Bonchev–Trinajstić information content (AvgIpc) is 3.10. The highest BCUT2D eigenvalue weighted by Crippen LogP contribution is 2.44. The van der Waals surface area contributed by atoms with Gasteiger partial charge in [0, 0.05) is 9.49 Å². The van der Waals surface area contributed by atoms with E-state index in [-0.39, 0.29) is 12.5 Å². The first-order valence-electron chi connectivity index (χ1n) is 10.1. The number of benzene rings is 3. The number of hydrogen-bond acceptors (Lipinski definition) is 3. The van der Waals surface area contributed by atoms with Crippen LogP contribution in [0.4, 0.5) is 4.79 Å². The van der Waals surface area contributed by atoms with E-state index in [4.69, 9.17) is 4.74 Å². The van der Waals surface area contributed by atoms with Gasteiger partial charge in [-0.2, -0.15) is 0 Å². The summed E-state index contributed by atoms with van der Waals surface area (Å²) >= 11 is 2.22. The second kappa shape index (κ2) is 9.51. The number of alkyl carbamates (subject to hydrolysis) is 1. The van der Waals surface area contributed by atoms with Crippen LogP contribution in [-0.4, -0.2) is 29.8 Å². The van der Waals surface area contributed by atoms with Gasteiger partial charge in [-0.3, -0.25) is 0 Å². The molecule has 0 heterocycles. The Labute approximate surface area is 194 Å². The Morgan fingerprint density at radius 2 is 1.52 bits per heavy atom. The van der Waals surface area contributed by atoms with E-state index in [1.807, 2.05) is 60.7 Å². The van der Waals surface area contributed by atoms with Crippen molar-refractivity contribution in [1.29, 1.82) is 0 Å². The number of carbonyl (C=O) groups excluding carboxylic acids is 1. The predicted octanol–water partition coefficient (Wildman–Crippen LogP) is 5.22. The number of ether oxygens (including phenoxy) is 1. The fraction of sp³-hybridized carbons (Fsp3) is 0.200. The van der Waals surface area contributed by atoms with E-state index < -0.39 is 18.1 Å². The Bertz CT molecular complexity index is 1050. The summed E-state index contributed by atoms with van der Waals surface area (Å²) in [5, 5.41) is 12.0. The summed E-state index contributed by atoms with van der Waals surface area (Å²) in [6.45, 7) is 0.156. The van der Waals surface area contributed by atoms with E-state index in [1.165, 1.54) is 0 Å². The maximum Gasteiger partial charge on any atom is 0.407 e. The molecular weight excluding hydrogens is 505 g/mol. The van der Waals surface area contributed by atoms with Gasteiger partial charge in [-0.25, -0.2) is 9.59 Å². The number of aryl methyl sites for hydroxylation is 1. The van der Waals surface area contributed by atoms with Crippen LogP contribution in [0.1, 0.15) is 29.0 Å². The largest absolute Gasteiger partial charge is 0.480 e. The van der Waals surface area contributed by atoms with Crippen molar-refractivity contribution < 1.29 is 19.4 Å². The van der Waals surface area contributed by atoms with Gasteiger partial charge in [-0.05, 0) is 75.4 Å². The third kappa shape index (κ3) is 4.90. The molecular formula is C25H22INO4. The molecule has 0 saturated carbocycles. The van der Waals surface area contributed by atoms with Crippen molar-refractivity contribution in [3.05, 3.63) is 93.1 Å². The van der Waals surface area contributed by atoms with E-state index in [1.54, 1.807) is 0 Å². The van der Waals surface area contributed by atoms with Gasteiger partial charge < -0.3 is 15.2 Å². The van der Waals surface area contributed by atoms with Gasteiger partial charge in [-0.15, -0.1) is 0 Å². The number of carboxylic acids is 1. The van der Waals surface area contributed by atoms with Gasteiger partial charge in [0.2, 0.25) is 0 Å². The first kappa shape index (κ1) is 21.4. The number of hydrogen-bond donors (Lipinski definition) is 2. The molecule has 0 fully saturated rings. The average molecular weight is 527 g/mol. The highest BCUT2D eigenvalue weighted by molar-refractivity contribution is 14.1. The number of fused-ring (bicyclic) bond motifs is 3. The van der Waals surface area contributed by atoms with Crippen LogP contribution in [-0.2, 0) is 16.0 Å². The number of halogens is 1. The number of rotatable bonds is 7. The molecule has 1 aliphatic carbocycles. The molecule has 0 saturated heterocycles. The Morgan fingerprint density at radius 1 is 0.935 bits per heavy atom. The minimum atomic E-state index is -1.07. The summed E-state index contributed by atoms with van der Waals surface area (Å²) in [5.74, 6) is -1.13. The van der Waals surface area contributed by atoms with Crippen molar-refractivity contribution in [2.75, 3.05) is 6.61 Å². The predicted molar refractivity (Wildman–Crippen MR) is 127 cm³/mol.